The van der Waals surface area contributed by atoms with Crippen LogP contribution in [0.25, 0.3) is 0 Å². The van der Waals surface area contributed by atoms with Gasteiger partial charge < -0.3 is 0 Å². The maximum atomic E-state index is 4.21. The summed E-state index contributed by atoms with van der Waals surface area (Å²) < 4.78 is 3.32. The van der Waals surface area contributed by atoms with Crippen LogP contribution in [0.2, 0.25) is 0 Å². The molecule has 0 atom stereocenters. The predicted octanol–water partition coefficient (Wildman–Crippen LogP) is 1.98. The van der Waals surface area contributed by atoms with Gasteiger partial charge in [-0.15, -0.1) is 0 Å². The lowest BCUT2D eigenvalue weighted by Gasteiger charge is -1.99. The third-order valence-electron chi connectivity index (χ3n) is 2.19. The Morgan fingerprint density at radius 1 is 1.73 bits per heavy atom. The Bertz CT molecular complexity index is 244. The molecule has 3 heteroatoms. The Hall–Kier alpha value is -0.0600. The lowest BCUT2D eigenvalue weighted by molar-refractivity contribution is 0.675. The highest BCUT2D eigenvalue weighted by Crippen LogP contribution is 2.33. The first-order chi connectivity index (χ1) is 5.27. The molecule has 0 aromatic carbocycles. The molecule has 0 unspecified atom stereocenters. The molecule has 2 nitrogen and oxygen atoms in total. The lowest BCUT2D eigenvalue weighted by atomic mass is 10.2. The zero-order chi connectivity index (χ0) is 7.84. The fraction of sp³-hybridized carbons (Fsp3) is 0.625. The van der Waals surface area contributed by atoms with E-state index in [9.17, 15) is 0 Å². The van der Waals surface area contributed by atoms with Crippen molar-refractivity contribution < 1.29 is 0 Å². The maximum Gasteiger partial charge on any atom is 0.0626 e. The summed E-state index contributed by atoms with van der Waals surface area (Å²) in [5.74, 6) is 0.957. The Morgan fingerprint density at radius 3 is 2.91 bits per heavy atom. The molecule has 1 saturated carbocycles. The zero-order valence-corrected chi connectivity index (χ0v) is 8.71. The predicted molar refractivity (Wildman–Crippen MR) is 52.4 cm³/mol. The van der Waals surface area contributed by atoms with Gasteiger partial charge in [0.1, 0.15) is 0 Å². The van der Waals surface area contributed by atoms with Crippen molar-refractivity contribution in [3.63, 3.8) is 0 Å². The zero-order valence-electron chi connectivity index (χ0n) is 6.55. The van der Waals surface area contributed by atoms with Gasteiger partial charge in [0.25, 0.3) is 0 Å². The van der Waals surface area contributed by atoms with Gasteiger partial charge in [-0.25, -0.2) is 0 Å². The van der Waals surface area contributed by atoms with Gasteiger partial charge in [-0.2, -0.15) is 5.10 Å². The topological polar surface area (TPSA) is 17.8 Å². The summed E-state index contributed by atoms with van der Waals surface area (Å²) in [5.41, 5.74) is 1.41. The summed E-state index contributed by atoms with van der Waals surface area (Å²) in [6, 6.07) is 0. The summed E-state index contributed by atoms with van der Waals surface area (Å²) in [5, 5.41) is 4.21. The third kappa shape index (κ3) is 1.58. The van der Waals surface area contributed by atoms with Crippen LogP contribution < -0.4 is 0 Å². The van der Waals surface area contributed by atoms with Crippen molar-refractivity contribution in [1.29, 1.82) is 0 Å². The molecule has 1 aliphatic rings. The Labute approximate surface area is 80.1 Å². The number of rotatable bonds is 2. The number of hydrogen-bond donors (Lipinski definition) is 0. The molecule has 1 aromatic heterocycles. The number of aryl methyl sites for hydroxylation is 1. The molecule has 0 amide bonds. The summed E-state index contributed by atoms with van der Waals surface area (Å²) in [4.78, 5) is 0. The van der Waals surface area contributed by atoms with Crippen molar-refractivity contribution in [2.75, 3.05) is 0 Å². The van der Waals surface area contributed by atoms with Crippen LogP contribution >= 0.6 is 22.6 Å². The molecule has 1 aliphatic carbocycles. The van der Waals surface area contributed by atoms with Crippen LogP contribution in [0.5, 0.6) is 0 Å². The van der Waals surface area contributed by atoms with Gasteiger partial charge in [-0.3, -0.25) is 4.68 Å². The SMILES string of the molecule is Cn1ncc(I)c1CC1CC1. The highest BCUT2D eigenvalue weighted by Gasteiger charge is 2.23. The Balaban J connectivity index is 2.19. The van der Waals surface area contributed by atoms with Gasteiger partial charge in [0, 0.05) is 7.05 Å². The molecule has 1 heterocycles. The number of aromatic nitrogens is 2. The molecule has 2 rings (SSSR count). The fourth-order valence-electron chi connectivity index (χ4n) is 1.26. The van der Waals surface area contributed by atoms with Crippen LogP contribution in [0, 0.1) is 9.49 Å². The standard InChI is InChI=1S/C8H11IN2/c1-11-8(4-6-2-3-6)7(9)5-10-11/h5-6H,2-4H2,1H3. The molecular formula is C8H11IN2. The van der Waals surface area contributed by atoms with Crippen LogP contribution in [0.1, 0.15) is 18.5 Å². The van der Waals surface area contributed by atoms with Gasteiger partial charge in [0.05, 0.1) is 15.5 Å². The van der Waals surface area contributed by atoms with Gasteiger partial charge in [0.15, 0.2) is 0 Å². The van der Waals surface area contributed by atoms with Crippen LogP contribution in [0.3, 0.4) is 0 Å². The van der Waals surface area contributed by atoms with E-state index in [4.69, 9.17) is 0 Å². The monoisotopic (exact) mass is 262 g/mol. The van der Waals surface area contributed by atoms with E-state index in [1.807, 2.05) is 17.9 Å². The lowest BCUT2D eigenvalue weighted by Crippen LogP contribution is -2.00. The van der Waals surface area contributed by atoms with Crippen molar-refractivity contribution in [3.8, 4) is 0 Å². The fourth-order valence-corrected chi connectivity index (χ4v) is 1.95. The molecule has 0 aliphatic heterocycles. The molecule has 0 radical (unpaired) electrons. The highest BCUT2D eigenvalue weighted by atomic mass is 127. The minimum atomic E-state index is 0.957. The number of hydrogen-bond acceptors (Lipinski definition) is 1. The summed E-state index contributed by atoms with van der Waals surface area (Å²) in [6.07, 6.45) is 6.01. The van der Waals surface area contributed by atoms with E-state index >= 15 is 0 Å². The van der Waals surface area contributed by atoms with Crippen molar-refractivity contribution in [1.82, 2.24) is 9.78 Å². The average Bonchev–Trinajstić information content (AvgIpc) is 2.73. The Morgan fingerprint density at radius 2 is 2.45 bits per heavy atom. The van der Waals surface area contributed by atoms with E-state index in [-0.39, 0.29) is 0 Å². The molecule has 0 bridgehead atoms. The van der Waals surface area contributed by atoms with E-state index in [2.05, 4.69) is 27.7 Å². The average molecular weight is 262 g/mol. The molecule has 60 valence electrons. The molecule has 1 aromatic rings. The van der Waals surface area contributed by atoms with E-state index in [0.29, 0.717) is 0 Å². The molecule has 1 fully saturated rings. The third-order valence-corrected chi connectivity index (χ3v) is 3.09. The molecule has 0 N–H and O–H groups in total. The largest absolute Gasteiger partial charge is 0.272 e. The van der Waals surface area contributed by atoms with E-state index in [1.165, 1.54) is 28.5 Å². The van der Waals surface area contributed by atoms with E-state index in [0.717, 1.165) is 5.92 Å². The minimum Gasteiger partial charge on any atom is -0.272 e. The highest BCUT2D eigenvalue weighted by molar-refractivity contribution is 14.1. The second-order valence-corrected chi connectivity index (χ2v) is 4.37. The van der Waals surface area contributed by atoms with Crippen molar-refractivity contribution in [2.24, 2.45) is 13.0 Å². The first kappa shape index (κ1) is 7.58. The minimum absolute atomic E-state index is 0.957. The first-order valence-corrected chi connectivity index (χ1v) is 5.01. The van der Waals surface area contributed by atoms with Gasteiger partial charge in [-0.1, -0.05) is 0 Å². The van der Waals surface area contributed by atoms with Crippen molar-refractivity contribution in [3.05, 3.63) is 15.5 Å². The molecule has 0 saturated heterocycles. The second kappa shape index (κ2) is 2.77. The molecule has 0 spiro atoms. The van der Waals surface area contributed by atoms with E-state index < -0.39 is 0 Å². The Kier molecular flexibility index (Phi) is 1.91. The van der Waals surface area contributed by atoms with Crippen LogP contribution in [-0.2, 0) is 13.5 Å². The van der Waals surface area contributed by atoms with Crippen molar-refractivity contribution in [2.45, 2.75) is 19.3 Å². The summed E-state index contributed by atoms with van der Waals surface area (Å²) in [6.45, 7) is 0. The summed E-state index contributed by atoms with van der Waals surface area (Å²) in [7, 11) is 2.03. The smallest absolute Gasteiger partial charge is 0.0626 e. The normalized spacial score (nSPS) is 17.3. The maximum absolute atomic E-state index is 4.21. The molecular weight excluding hydrogens is 251 g/mol. The van der Waals surface area contributed by atoms with Gasteiger partial charge in [0.2, 0.25) is 0 Å². The van der Waals surface area contributed by atoms with E-state index in [1.54, 1.807) is 0 Å². The van der Waals surface area contributed by atoms with Crippen LogP contribution in [0.15, 0.2) is 6.20 Å². The summed E-state index contributed by atoms with van der Waals surface area (Å²) >= 11 is 2.36. The first-order valence-electron chi connectivity index (χ1n) is 3.93. The quantitative estimate of drug-likeness (QED) is 0.745. The van der Waals surface area contributed by atoms with Crippen LogP contribution in [-0.4, -0.2) is 9.78 Å². The van der Waals surface area contributed by atoms with Gasteiger partial charge >= 0.3 is 0 Å². The second-order valence-electron chi connectivity index (χ2n) is 3.21. The van der Waals surface area contributed by atoms with Crippen LogP contribution in [0.4, 0.5) is 0 Å². The van der Waals surface area contributed by atoms with Gasteiger partial charge in [-0.05, 0) is 47.8 Å². The number of nitrogens with zero attached hydrogens (tertiary/aromatic N) is 2. The number of halogens is 1. The molecule has 11 heavy (non-hydrogen) atoms. The van der Waals surface area contributed by atoms with Crippen molar-refractivity contribution >= 4 is 22.6 Å².